The third kappa shape index (κ3) is 2.52. The Labute approximate surface area is 153 Å². The van der Waals surface area contributed by atoms with E-state index in [2.05, 4.69) is 5.16 Å². The third-order valence-electron chi connectivity index (χ3n) is 4.58. The summed E-state index contributed by atoms with van der Waals surface area (Å²) in [5.41, 5.74) is 1.08. The highest BCUT2D eigenvalue weighted by Gasteiger charge is 2.56. The maximum Gasteiger partial charge on any atom is 0.278 e. The zero-order valence-electron chi connectivity index (χ0n) is 14.5. The second-order valence-electron chi connectivity index (χ2n) is 6.01. The van der Waals surface area contributed by atoms with Gasteiger partial charge in [0.05, 0.1) is 19.9 Å². The number of hydrogen-bond donors (Lipinski definition) is 0. The van der Waals surface area contributed by atoms with Crippen molar-refractivity contribution in [3.63, 3.8) is 0 Å². The highest BCUT2D eigenvalue weighted by atomic mass is 19.1. The lowest BCUT2D eigenvalue weighted by Gasteiger charge is -2.16. The van der Waals surface area contributed by atoms with Crippen LogP contribution in [0.3, 0.4) is 0 Å². The van der Waals surface area contributed by atoms with E-state index in [1.165, 1.54) is 38.5 Å². The average Bonchev–Trinajstić information content (AvgIpc) is 3.22. The molecule has 2 aromatic carbocycles. The second-order valence-corrected chi connectivity index (χ2v) is 6.01. The molecule has 4 rings (SSSR count). The van der Waals surface area contributed by atoms with Crippen LogP contribution in [-0.4, -0.2) is 37.8 Å². The normalized spacial score (nSPS) is 21.0. The van der Waals surface area contributed by atoms with E-state index in [9.17, 15) is 14.0 Å². The number of nitrogens with zero attached hydrogens (tertiary/aromatic N) is 2. The Morgan fingerprint density at radius 1 is 1.04 bits per heavy atom. The van der Waals surface area contributed by atoms with Crippen LogP contribution in [0.5, 0.6) is 11.5 Å². The highest BCUT2D eigenvalue weighted by molar-refractivity contribution is 6.32. The molecule has 27 heavy (non-hydrogen) atoms. The van der Waals surface area contributed by atoms with E-state index in [1.54, 1.807) is 18.2 Å². The maximum atomic E-state index is 13.2. The first-order valence-corrected chi connectivity index (χ1v) is 8.15. The SMILES string of the molecule is COc1cccc(C2=NO[C@H]3C(=O)N(c4ccc(F)cc4)C(=O)[C@@H]23)c1OC. The first kappa shape index (κ1) is 17.0. The Morgan fingerprint density at radius 2 is 1.78 bits per heavy atom. The number of benzene rings is 2. The molecule has 0 N–H and O–H groups in total. The molecule has 1 fully saturated rings. The van der Waals surface area contributed by atoms with Gasteiger partial charge in [-0.1, -0.05) is 11.2 Å². The van der Waals surface area contributed by atoms with Crippen molar-refractivity contribution < 1.29 is 28.3 Å². The number of amides is 2. The van der Waals surface area contributed by atoms with Gasteiger partial charge in [0.15, 0.2) is 11.5 Å². The molecule has 2 aliphatic rings. The quantitative estimate of drug-likeness (QED) is 0.771. The highest BCUT2D eigenvalue weighted by Crippen LogP contribution is 2.39. The van der Waals surface area contributed by atoms with Crippen molar-refractivity contribution in [1.29, 1.82) is 0 Å². The minimum absolute atomic E-state index is 0.279. The standard InChI is InChI=1S/C19H15FN2O5/c1-25-13-5-3-4-12(16(13)26-2)15-14-17(27-21-15)19(24)22(18(14)23)11-8-6-10(20)7-9-11/h3-9,14,17H,1-2H3/t14-,17+/m0/s1. The van der Waals surface area contributed by atoms with E-state index in [0.717, 1.165) is 4.90 Å². The molecule has 0 aliphatic carbocycles. The lowest BCUT2D eigenvalue weighted by atomic mass is 9.93. The van der Waals surface area contributed by atoms with Crippen LogP contribution in [0.4, 0.5) is 10.1 Å². The summed E-state index contributed by atoms with van der Waals surface area (Å²) in [4.78, 5) is 32.0. The maximum absolute atomic E-state index is 13.2. The summed E-state index contributed by atoms with van der Waals surface area (Å²) in [5.74, 6) is -1.55. The second kappa shape index (κ2) is 6.39. The van der Waals surface area contributed by atoms with Crippen molar-refractivity contribution in [2.75, 3.05) is 19.1 Å². The third-order valence-corrected chi connectivity index (χ3v) is 4.58. The molecule has 0 aromatic heterocycles. The lowest BCUT2D eigenvalue weighted by Crippen LogP contribution is -2.33. The van der Waals surface area contributed by atoms with Gasteiger partial charge in [0, 0.05) is 5.56 Å². The van der Waals surface area contributed by atoms with Crippen molar-refractivity contribution in [3.8, 4) is 11.5 Å². The number of fused-ring (bicyclic) bond motifs is 1. The number of hydrogen-bond acceptors (Lipinski definition) is 6. The summed E-state index contributed by atoms with van der Waals surface area (Å²) in [6.07, 6.45) is -1.06. The number of anilines is 1. The lowest BCUT2D eigenvalue weighted by molar-refractivity contribution is -0.126. The van der Waals surface area contributed by atoms with Crippen LogP contribution in [-0.2, 0) is 14.4 Å². The van der Waals surface area contributed by atoms with Crippen molar-refractivity contribution in [2.45, 2.75) is 6.10 Å². The molecule has 2 heterocycles. The Kier molecular flexibility index (Phi) is 4.02. The average molecular weight is 370 g/mol. The number of oxime groups is 1. The number of imide groups is 1. The van der Waals surface area contributed by atoms with E-state index in [-0.39, 0.29) is 5.69 Å². The van der Waals surface area contributed by atoms with Crippen LogP contribution in [0.1, 0.15) is 5.56 Å². The van der Waals surface area contributed by atoms with Crippen LogP contribution >= 0.6 is 0 Å². The summed E-state index contributed by atoms with van der Waals surface area (Å²) < 4.78 is 23.9. The molecule has 2 aromatic rings. The molecule has 8 heteroatoms. The topological polar surface area (TPSA) is 77.4 Å². The van der Waals surface area contributed by atoms with Gasteiger partial charge in [-0.25, -0.2) is 9.29 Å². The van der Waals surface area contributed by atoms with E-state index >= 15 is 0 Å². The Bertz CT molecular complexity index is 957. The fraction of sp³-hybridized carbons (Fsp3) is 0.211. The number of carbonyl (C=O) groups is 2. The molecule has 0 bridgehead atoms. The number of halogens is 1. The summed E-state index contributed by atoms with van der Waals surface area (Å²) in [7, 11) is 2.97. The molecule has 2 atom stereocenters. The predicted octanol–water partition coefficient (Wildman–Crippen LogP) is 2.14. The van der Waals surface area contributed by atoms with Gasteiger partial charge < -0.3 is 14.3 Å². The zero-order chi connectivity index (χ0) is 19.1. The van der Waals surface area contributed by atoms with E-state index in [0.29, 0.717) is 22.8 Å². The van der Waals surface area contributed by atoms with Crippen molar-refractivity contribution in [1.82, 2.24) is 0 Å². The van der Waals surface area contributed by atoms with Gasteiger partial charge in [-0.15, -0.1) is 0 Å². The molecule has 0 saturated carbocycles. The van der Waals surface area contributed by atoms with Gasteiger partial charge >= 0.3 is 0 Å². The molecule has 1 saturated heterocycles. The van der Waals surface area contributed by atoms with Crippen LogP contribution in [0.2, 0.25) is 0 Å². The fourth-order valence-corrected chi connectivity index (χ4v) is 3.33. The summed E-state index contributed by atoms with van der Waals surface area (Å²) in [6, 6.07) is 10.3. The van der Waals surface area contributed by atoms with Crippen LogP contribution in [0.25, 0.3) is 0 Å². The number of carbonyl (C=O) groups excluding carboxylic acids is 2. The summed E-state index contributed by atoms with van der Waals surface area (Å²) in [5, 5.41) is 3.97. The van der Waals surface area contributed by atoms with Crippen molar-refractivity contribution >= 4 is 23.2 Å². The number of methoxy groups -OCH3 is 2. The Balaban J connectivity index is 1.74. The molecular formula is C19H15FN2O5. The van der Waals surface area contributed by atoms with Crippen LogP contribution in [0.15, 0.2) is 47.6 Å². The molecule has 138 valence electrons. The molecule has 2 aliphatic heterocycles. The smallest absolute Gasteiger partial charge is 0.278 e. The number of para-hydroxylation sites is 1. The van der Waals surface area contributed by atoms with Crippen LogP contribution < -0.4 is 14.4 Å². The molecule has 0 unspecified atom stereocenters. The van der Waals surface area contributed by atoms with Crippen molar-refractivity contribution in [3.05, 3.63) is 53.8 Å². The first-order valence-electron chi connectivity index (χ1n) is 8.15. The van der Waals surface area contributed by atoms with Gasteiger partial charge in [-0.2, -0.15) is 0 Å². The van der Waals surface area contributed by atoms with Gasteiger partial charge in [0.2, 0.25) is 12.0 Å². The van der Waals surface area contributed by atoms with E-state index < -0.39 is 29.7 Å². The monoisotopic (exact) mass is 370 g/mol. The molecule has 2 amide bonds. The molecule has 0 radical (unpaired) electrons. The van der Waals surface area contributed by atoms with E-state index in [4.69, 9.17) is 14.3 Å². The molecule has 0 spiro atoms. The van der Waals surface area contributed by atoms with Gasteiger partial charge in [-0.3, -0.25) is 9.59 Å². The van der Waals surface area contributed by atoms with Gasteiger partial charge in [-0.05, 0) is 36.4 Å². The summed E-state index contributed by atoms with van der Waals surface area (Å²) in [6.45, 7) is 0. The van der Waals surface area contributed by atoms with Gasteiger partial charge in [0.1, 0.15) is 17.4 Å². The van der Waals surface area contributed by atoms with Gasteiger partial charge in [0.25, 0.3) is 5.91 Å². The first-order chi connectivity index (χ1) is 13.1. The Hall–Kier alpha value is -3.42. The minimum Gasteiger partial charge on any atom is -0.493 e. The number of ether oxygens (including phenoxy) is 2. The van der Waals surface area contributed by atoms with Crippen molar-refractivity contribution in [2.24, 2.45) is 11.1 Å². The molecular weight excluding hydrogens is 355 g/mol. The Morgan fingerprint density at radius 3 is 2.44 bits per heavy atom. The fourth-order valence-electron chi connectivity index (χ4n) is 3.33. The number of rotatable bonds is 4. The summed E-state index contributed by atoms with van der Waals surface area (Å²) >= 11 is 0. The largest absolute Gasteiger partial charge is 0.493 e. The van der Waals surface area contributed by atoms with E-state index in [1.807, 2.05) is 0 Å². The predicted molar refractivity (Wildman–Crippen MR) is 93.3 cm³/mol. The zero-order valence-corrected chi connectivity index (χ0v) is 14.5. The van der Waals surface area contributed by atoms with Crippen LogP contribution in [0, 0.1) is 11.7 Å². The molecule has 7 nitrogen and oxygen atoms in total. The minimum atomic E-state index is -1.06.